The number of thiazole rings is 1. The van der Waals surface area contributed by atoms with E-state index in [4.69, 9.17) is 14.2 Å². The molecule has 0 aliphatic heterocycles. The third-order valence-corrected chi connectivity index (χ3v) is 5.41. The summed E-state index contributed by atoms with van der Waals surface area (Å²) >= 11 is 1.28. The van der Waals surface area contributed by atoms with Gasteiger partial charge in [-0.2, -0.15) is 4.99 Å². The molecule has 0 saturated carbocycles. The molecule has 0 spiro atoms. The van der Waals surface area contributed by atoms with Gasteiger partial charge in [-0.3, -0.25) is 4.79 Å². The highest BCUT2D eigenvalue weighted by atomic mass is 32.1. The summed E-state index contributed by atoms with van der Waals surface area (Å²) in [6.07, 6.45) is 0.0846. The number of halogens is 1. The molecule has 0 aliphatic carbocycles. The first kappa shape index (κ1) is 21.0. The van der Waals surface area contributed by atoms with Crippen LogP contribution in [0.4, 0.5) is 4.39 Å². The summed E-state index contributed by atoms with van der Waals surface area (Å²) in [5.74, 6) is 0.577. The molecule has 154 valence electrons. The first-order chi connectivity index (χ1) is 14.0. The second-order valence-electron chi connectivity index (χ2n) is 6.21. The lowest BCUT2D eigenvalue weighted by molar-refractivity contribution is -0.117. The van der Waals surface area contributed by atoms with E-state index in [0.717, 1.165) is 15.8 Å². The number of fused-ring (bicyclic) bond motifs is 1. The van der Waals surface area contributed by atoms with Crippen molar-refractivity contribution >= 4 is 27.5 Å². The summed E-state index contributed by atoms with van der Waals surface area (Å²) in [6, 6.07) is 9.84. The second kappa shape index (κ2) is 9.67. The number of benzene rings is 2. The van der Waals surface area contributed by atoms with Crippen LogP contribution in [0.2, 0.25) is 0 Å². The van der Waals surface area contributed by atoms with Crippen LogP contribution < -0.4 is 14.3 Å². The van der Waals surface area contributed by atoms with E-state index >= 15 is 0 Å². The molecular weight excluding hydrogens is 395 g/mol. The fraction of sp³-hybridized carbons (Fsp3) is 0.333. The lowest BCUT2D eigenvalue weighted by atomic mass is 10.1. The first-order valence-electron chi connectivity index (χ1n) is 9.20. The minimum absolute atomic E-state index is 0.0846. The Morgan fingerprint density at radius 1 is 1.17 bits per heavy atom. The van der Waals surface area contributed by atoms with E-state index in [0.29, 0.717) is 36.1 Å². The number of ether oxygens (including phenoxy) is 3. The quantitative estimate of drug-likeness (QED) is 0.525. The lowest BCUT2D eigenvalue weighted by Gasteiger charge is -2.09. The molecule has 0 saturated heterocycles. The van der Waals surface area contributed by atoms with Crippen LogP contribution in [-0.4, -0.2) is 37.9 Å². The molecule has 3 rings (SSSR count). The van der Waals surface area contributed by atoms with Crippen LogP contribution in [0.3, 0.4) is 0 Å². The molecule has 8 heteroatoms. The van der Waals surface area contributed by atoms with Gasteiger partial charge in [0, 0.05) is 24.8 Å². The topological polar surface area (TPSA) is 62.1 Å². The molecule has 0 atom stereocenters. The Morgan fingerprint density at radius 3 is 2.72 bits per heavy atom. The van der Waals surface area contributed by atoms with Crippen LogP contribution in [0.15, 0.2) is 41.4 Å². The first-order valence-corrected chi connectivity index (χ1v) is 10.0. The highest BCUT2D eigenvalue weighted by Gasteiger charge is 2.12. The average molecular weight is 418 g/mol. The van der Waals surface area contributed by atoms with Crippen molar-refractivity contribution in [1.82, 2.24) is 4.57 Å². The van der Waals surface area contributed by atoms with Gasteiger partial charge in [-0.05, 0) is 31.2 Å². The maximum absolute atomic E-state index is 13.6. The van der Waals surface area contributed by atoms with E-state index in [1.165, 1.54) is 23.5 Å². The van der Waals surface area contributed by atoms with Crippen molar-refractivity contribution in [2.45, 2.75) is 19.9 Å². The highest BCUT2D eigenvalue weighted by molar-refractivity contribution is 7.16. The number of aromatic nitrogens is 1. The monoisotopic (exact) mass is 418 g/mol. The fourth-order valence-corrected chi connectivity index (χ4v) is 4.05. The fourth-order valence-electron chi connectivity index (χ4n) is 2.96. The average Bonchev–Trinajstić information content (AvgIpc) is 3.04. The summed E-state index contributed by atoms with van der Waals surface area (Å²) in [6.45, 7) is 3.52. The Morgan fingerprint density at radius 2 is 2.00 bits per heavy atom. The SMILES string of the molecule is CCOCCn1c(=NC(=O)Cc2ccc(OC)cc2OC)sc2cc(F)ccc21. The van der Waals surface area contributed by atoms with Crippen LogP contribution in [0, 0.1) is 5.82 Å². The third kappa shape index (κ3) is 5.02. The molecule has 3 aromatic rings. The van der Waals surface area contributed by atoms with Crippen LogP contribution in [0.1, 0.15) is 12.5 Å². The van der Waals surface area contributed by atoms with Crippen molar-refractivity contribution in [2.75, 3.05) is 27.4 Å². The molecule has 2 aromatic carbocycles. The Balaban J connectivity index is 1.94. The van der Waals surface area contributed by atoms with Gasteiger partial charge in [0.05, 0.1) is 37.5 Å². The van der Waals surface area contributed by atoms with Gasteiger partial charge in [-0.1, -0.05) is 17.4 Å². The largest absolute Gasteiger partial charge is 0.497 e. The maximum Gasteiger partial charge on any atom is 0.252 e. The summed E-state index contributed by atoms with van der Waals surface area (Å²) in [4.78, 5) is 17.5. The maximum atomic E-state index is 13.6. The number of amides is 1. The molecule has 1 aromatic heterocycles. The number of carbonyl (C=O) groups excluding carboxylic acids is 1. The van der Waals surface area contributed by atoms with Crippen LogP contribution >= 0.6 is 11.3 Å². The van der Waals surface area contributed by atoms with E-state index in [1.807, 2.05) is 11.5 Å². The second-order valence-corrected chi connectivity index (χ2v) is 7.21. The number of nitrogens with zero attached hydrogens (tertiary/aromatic N) is 2. The Labute approximate surface area is 172 Å². The molecule has 0 bridgehead atoms. The van der Waals surface area contributed by atoms with E-state index in [-0.39, 0.29) is 18.1 Å². The van der Waals surface area contributed by atoms with Crippen LogP contribution in [0.5, 0.6) is 11.5 Å². The van der Waals surface area contributed by atoms with E-state index in [9.17, 15) is 9.18 Å². The van der Waals surface area contributed by atoms with Gasteiger partial charge in [0.15, 0.2) is 4.80 Å². The van der Waals surface area contributed by atoms with Crippen molar-refractivity contribution in [2.24, 2.45) is 4.99 Å². The zero-order chi connectivity index (χ0) is 20.8. The van der Waals surface area contributed by atoms with Crippen molar-refractivity contribution in [3.8, 4) is 11.5 Å². The lowest BCUT2D eigenvalue weighted by Crippen LogP contribution is -2.20. The van der Waals surface area contributed by atoms with Gasteiger partial charge in [0.2, 0.25) is 0 Å². The zero-order valence-corrected chi connectivity index (χ0v) is 17.4. The van der Waals surface area contributed by atoms with E-state index in [1.54, 1.807) is 38.5 Å². The molecule has 1 amide bonds. The van der Waals surface area contributed by atoms with Gasteiger partial charge in [-0.15, -0.1) is 0 Å². The van der Waals surface area contributed by atoms with Crippen LogP contribution in [0.25, 0.3) is 10.2 Å². The summed E-state index contributed by atoms with van der Waals surface area (Å²) < 4.78 is 32.2. The van der Waals surface area contributed by atoms with Crippen LogP contribution in [-0.2, 0) is 22.5 Å². The zero-order valence-electron chi connectivity index (χ0n) is 16.6. The predicted molar refractivity (Wildman–Crippen MR) is 110 cm³/mol. The molecule has 29 heavy (non-hydrogen) atoms. The molecule has 0 aliphatic rings. The number of rotatable bonds is 8. The minimum atomic E-state index is -0.323. The van der Waals surface area contributed by atoms with Crippen molar-refractivity contribution in [3.63, 3.8) is 0 Å². The van der Waals surface area contributed by atoms with Gasteiger partial charge in [-0.25, -0.2) is 4.39 Å². The number of carbonyl (C=O) groups is 1. The Hall–Kier alpha value is -2.71. The minimum Gasteiger partial charge on any atom is -0.497 e. The predicted octanol–water partition coefficient (Wildman–Crippen LogP) is 3.57. The Kier molecular flexibility index (Phi) is 7.00. The molecule has 0 N–H and O–H groups in total. The van der Waals surface area contributed by atoms with Crippen molar-refractivity contribution < 1.29 is 23.4 Å². The molecule has 0 fully saturated rings. The van der Waals surface area contributed by atoms with Gasteiger partial charge < -0.3 is 18.8 Å². The third-order valence-electron chi connectivity index (χ3n) is 4.36. The summed E-state index contributed by atoms with van der Waals surface area (Å²) in [5, 5.41) is 0. The van der Waals surface area contributed by atoms with Crippen molar-refractivity contribution in [3.05, 3.63) is 52.6 Å². The number of hydrogen-bond acceptors (Lipinski definition) is 5. The number of hydrogen-bond donors (Lipinski definition) is 0. The molecule has 6 nitrogen and oxygen atoms in total. The molecular formula is C21H23FN2O4S. The normalized spacial score (nSPS) is 11.8. The van der Waals surface area contributed by atoms with Crippen molar-refractivity contribution in [1.29, 1.82) is 0 Å². The molecule has 1 heterocycles. The standard InChI is InChI=1S/C21H23FN2O4S/c1-4-28-10-9-24-17-8-6-15(22)12-19(17)29-21(24)23-20(25)11-14-5-7-16(26-2)13-18(14)27-3/h5-8,12-13H,4,9-11H2,1-3H3. The summed E-state index contributed by atoms with van der Waals surface area (Å²) in [5.41, 5.74) is 1.54. The van der Waals surface area contributed by atoms with Gasteiger partial charge in [0.1, 0.15) is 17.3 Å². The highest BCUT2D eigenvalue weighted by Crippen LogP contribution is 2.25. The Bertz CT molecular complexity index is 1070. The molecule has 0 radical (unpaired) electrons. The van der Waals surface area contributed by atoms with Gasteiger partial charge >= 0.3 is 0 Å². The van der Waals surface area contributed by atoms with E-state index in [2.05, 4.69) is 4.99 Å². The van der Waals surface area contributed by atoms with E-state index < -0.39 is 0 Å². The summed E-state index contributed by atoms with van der Waals surface area (Å²) in [7, 11) is 3.11. The smallest absolute Gasteiger partial charge is 0.252 e. The molecule has 0 unspecified atom stereocenters. The number of methoxy groups -OCH3 is 2. The van der Waals surface area contributed by atoms with Gasteiger partial charge in [0.25, 0.3) is 5.91 Å².